The number of amides is 1. The quantitative estimate of drug-likeness (QED) is 0.906. The summed E-state index contributed by atoms with van der Waals surface area (Å²) in [6.45, 7) is 0. The van der Waals surface area contributed by atoms with E-state index in [1.165, 1.54) is 17.4 Å². The Morgan fingerprint density at radius 1 is 1.48 bits per heavy atom. The van der Waals surface area contributed by atoms with Gasteiger partial charge in [-0.2, -0.15) is 11.8 Å². The molecule has 6 heteroatoms. The molecule has 1 aromatic carbocycles. The van der Waals surface area contributed by atoms with Gasteiger partial charge in [-0.05, 0) is 37.7 Å². The highest BCUT2D eigenvalue weighted by molar-refractivity contribution is 7.99. The second-order valence-corrected chi connectivity index (χ2v) is 7.49. The first-order chi connectivity index (χ1) is 10.1. The van der Waals surface area contributed by atoms with Crippen molar-refractivity contribution in [1.82, 2.24) is 5.32 Å². The number of halogens is 1. The van der Waals surface area contributed by atoms with Crippen LogP contribution in [0.25, 0.3) is 10.1 Å². The summed E-state index contributed by atoms with van der Waals surface area (Å²) in [5.74, 6) is -0.552. The summed E-state index contributed by atoms with van der Waals surface area (Å²) in [4.78, 5) is 12.8. The number of thiophene rings is 1. The number of carbonyl (C=O) groups excluding carboxylic acids is 1. The molecule has 3 N–H and O–H groups in total. The fourth-order valence-corrected chi connectivity index (χ4v) is 4.67. The average molecular weight is 324 g/mol. The van der Waals surface area contributed by atoms with E-state index in [1.807, 2.05) is 11.8 Å². The molecule has 0 spiro atoms. The molecule has 112 valence electrons. The molecule has 1 saturated carbocycles. The number of thioether (sulfide) groups is 1. The van der Waals surface area contributed by atoms with E-state index in [9.17, 15) is 9.18 Å². The van der Waals surface area contributed by atoms with Crippen LogP contribution in [0, 0.1) is 5.82 Å². The van der Waals surface area contributed by atoms with Gasteiger partial charge < -0.3 is 11.1 Å². The zero-order valence-electron chi connectivity index (χ0n) is 11.7. The summed E-state index contributed by atoms with van der Waals surface area (Å²) in [6, 6.07) is 4.99. The SMILES string of the molecule is CSC1CCC(NC(=O)c2sc3cccc(F)c3c2N)C1. The molecule has 2 aromatic rings. The molecule has 0 bridgehead atoms. The number of rotatable bonds is 3. The molecule has 1 aliphatic rings. The Hall–Kier alpha value is -1.27. The van der Waals surface area contributed by atoms with Gasteiger partial charge in [0.2, 0.25) is 0 Å². The van der Waals surface area contributed by atoms with Crippen molar-refractivity contribution in [3.05, 3.63) is 28.9 Å². The van der Waals surface area contributed by atoms with E-state index in [2.05, 4.69) is 11.6 Å². The van der Waals surface area contributed by atoms with Crippen LogP contribution in [0.15, 0.2) is 18.2 Å². The standard InChI is InChI=1S/C15H17FN2OS2/c1-20-9-6-5-8(7-9)18-15(19)14-13(17)12-10(16)3-2-4-11(12)21-14/h2-4,8-9H,5-7,17H2,1H3,(H,18,19). The predicted octanol–water partition coefficient (Wildman–Crippen LogP) is 3.64. The van der Waals surface area contributed by atoms with Gasteiger partial charge in [-0.25, -0.2) is 4.39 Å². The molecule has 0 radical (unpaired) electrons. The van der Waals surface area contributed by atoms with Gasteiger partial charge in [-0.3, -0.25) is 4.79 Å². The minimum absolute atomic E-state index is 0.181. The highest BCUT2D eigenvalue weighted by atomic mass is 32.2. The highest BCUT2D eigenvalue weighted by Gasteiger charge is 2.27. The molecule has 1 aliphatic carbocycles. The van der Waals surface area contributed by atoms with Gasteiger partial charge in [0.25, 0.3) is 5.91 Å². The first-order valence-electron chi connectivity index (χ1n) is 6.90. The number of fused-ring (bicyclic) bond motifs is 1. The van der Waals surface area contributed by atoms with Gasteiger partial charge in [-0.1, -0.05) is 6.07 Å². The molecule has 2 atom stereocenters. The van der Waals surface area contributed by atoms with Crippen LogP contribution in [-0.2, 0) is 0 Å². The zero-order chi connectivity index (χ0) is 15.0. The van der Waals surface area contributed by atoms with Crippen molar-refractivity contribution in [2.24, 2.45) is 0 Å². The van der Waals surface area contributed by atoms with E-state index in [4.69, 9.17) is 5.73 Å². The van der Waals surface area contributed by atoms with Crippen molar-refractivity contribution < 1.29 is 9.18 Å². The largest absolute Gasteiger partial charge is 0.397 e. The predicted molar refractivity (Wildman–Crippen MR) is 88.6 cm³/mol. The summed E-state index contributed by atoms with van der Waals surface area (Å²) >= 11 is 3.10. The van der Waals surface area contributed by atoms with Gasteiger partial charge in [-0.15, -0.1) is 11.3 Å². The van der Waals surface area contributed by atoms with E-state index in [0.29, 0.717) is 20.2 Å². The first kappa shape index (κ1) is 14.7. The van der Waals surface area contributed by atoms with Gasteiger partial charge >= 0.3 is 0 Å². The van der Waals surface area contributed by atoms with Gasteiger partial charge in [0.15, 0.2) is 0 Å². The summed E-state index contributed by atoms with van der Waals surface area (Å²) < 4.78 is 14.5. The third-order valence-corrected chi connectivity index (χ3v) is 6.23. The highest BCUT2D eigenvalue weighted by Crippen LogP contribution is 2.36. The van der Waals surface area contributed by atoms with Gasteiger partial charge in [0, 0.05) is 16.0 Å². The number of benzene rings is 1. The number of carbonyl (C=O) groups is 1. The van der Waals surface area contributed by atoms with E-state index >= 15 is 0 Å². The lowest BCUT2D eigenvalue weighted by molar-refractivity contribution is 0.0943. The summed E-state index contributed by atoms with van der Waals surface area (Å²) in [5, 5.41) is 4.02. The van der Waals surface area contributed by atoms with E-state index < -0.39 is 0 Å². The zero-order valence-corrected chi connectivity index (χ0v) is 13.3. The molecular formula is C15H17FN2OS2. The maximum Gasteiger partial charge on any atom is 0.263 e. The van der Waals surface area contributed by atoms with Crippen LogP contribution in [0.1, 0.15) is 28.9 Å². The van der Waals surface area contributed by atoms with Gasteiger partial charge in [0.1, 0.15) is 10.7 Å². The van der Waals surface area contributed by atoms with Crippen LogP contribution < -0.4 is 11.1 Å². The summed E-state index contributed by atoms with van der Waals surface area (Å²) in [6.07, 6.45) is 5.22. The maximum atomic E-state index is 13.8. The Morgan fingerprint density at radius 3 is 2.95 bits per heavy atom. The first-order valence-corrected chi connectivity index (χ1v) is 9.00. The van der Waals surface area contributed by atoms with Crippen LogP contribution in [0.3, 0.4) is 0 Å². The van der Waals surface area contributed by atoms with Gasteiger partial charge in [0.05, 0.1) is 11.1 Å². The molecule has 2 unspecified atom stereocenters. The average Bonchev–Trinajstić information content (AvgIpc) is 3.04. The van der Waals surface area contributed by atoms with Crippen LogP contribution in [0.4, 0.5) is 10.1 Å². The van der Waals surface area contributed by atoms with Crippen molar-refractivity contribution in [3.63, 3.8) is 0 Å². The van der Waals surface area contributed by atoms with E-state index in [0.717, 1.165) is 19.3 Å². The fourth-order valence-electron chi connectivity index (χ4n) is 2.83. The molecule has 1 aromatic heterocycles. The lowest BCUT2D eigenvalue weighted by atomic mass is 10.2. The molecule has 3 nitrogen and oxygen atoms in total. The molecular weight excluding hydrogens is 307 g/mol. The Kier molecular flexibility index (Phi) is 4.08. The number of anilines is 1. The Balaban J connectivity index is 1.82. The molecule has 0 aliphatic heterocycles. The van der Waals surface area contributed by atoms with Crippen LogP contribution in [0.5, 0.6) is 0 Å². The molecule has 0 saturated heterocycles. The third-order valence-electron chi connectivity index (χ3n) is 3.96. The van der Waals surface area contributed by atoms with Crippen molar-refractivity contribution in [2.75, 3.05) is 12.0 Å². The van der Waals surface area contributed by atoms with Crippen molar-refractivity contribution >= 4 is 44.8 Å². The summed E-state index contributed by atoms with van der Waals surface area (Å²) in [5.41, 5.74) is 6.23. The number of nitrogens with two attached hydrogens (primary N) is 1. The van der Waals surface area contributed by atoms with E-state index in [1.54, 1.807) is 12.1 Å². The topological polar surface area (TPSA) is 55.1 Å². The minimum Gasteiger partial charge on any atom is -0.397 e. The van der Waals surface area contributed by atoms with E-state index in [-0.39, 0.29) is 23.5 Å². The van der Waals surface area contributed by atoms with Crippen molar-refractivity contribution in [1.29, 1.82) is 0 Å². The molecule has 1 heterocycles. The monoisotopic (exact) mass is 324 g/mol. The van der Waals surface area contributed by atoms with Crippen LogP contribution in [-0.4, -0.2) is 23.5 Å². The third kappa shape index (κ3) is 2.74. The number of hydrogen-bond donors (Lipinski definition) is 2. The second-order valence-electron chi connectivity index (χ2n) is 5.30. The molecule has 21 heavy (non-hydrogen) atoms. The smallest absolute Gasteiger partial charge is 0.263 e. The van der Waals surface area contributed by atoms with Crippen molar-refractivity contribution in [3.8, 4) is 0 Å². The molecule has 3 rings (SSSR count). The summed E-state index contributed by atoms with van der Waals surface area (Å²) in [7, 11) is 0. The number of nitrogens with one attached hydrogen (secondary N) is 1. The normalized spacial score (nSPS) is 21.8. The number of nitrogen functional groups attached to an aromatic ring is 1. The van der Waals surface area contributed by atoms with Crippen LogP contribution >= 0.6 is 23.1 Å². The lowest BCUT2D eigenvalue weighted by Gasteiger charge is -2.12. The Labute approximate surface area is 131 Å². The minimum atomic E-state index is -0.372. The Bertz CT molecular complexity index is 686. The molecule has 1 fully saturated rings. The molecule has 1 amide bonds. The van der Waals surface area contributed by atoms with Crippen molar-refractivity contribution in [2.45, 2.75) is 30.6 Å². The second kappa shape index (κ2) is 5.85. The van der Waals surface area contributed by atoms with Crippen LogP contribution in [0.2, 0.25) is 0 Å². The maximum absolute atomic E-state index is 13.8. The Morgan fingerprint density at radius 2 is 2.29 bits per heavy atom. The lowest BCUT2D eigenvalue weighted by Crippen LogP contribution is -2.32. The fraction of sp³-hybridized carbons (Fsp3) is 0.400. The number of hydrogen-bond acceptors (Lipinski definition) is 4.